The molecule has 0 saturated carbocycles. The molecule has 132 valence electrons. The van der Waals surface area contributed by atoms with Gasteiger partial charge in [0, 0.05) is 18.3 Å². The van der Waals surface area contributed by atoms with Crippen LogP contribution in [-0.4, -0.2) is 33.4 Å². The van der Waals surface area contributed by atoms with Crippen LogP contribution in [0.15, 0.2) is 30.6 Å². The molecule has 3 rings (SSSR count). The molecule has 0 spiro atoms. The molecule has 7 heteroatoms. The zero-order valence-corrected chi connectivity index (χ0v) is 14.8. The number of anilines is 2. The number of nitrogens with zero attached hydrogens (tertiary/aromatic N) is 3. The quantitative estimate of drug-likeness (QED) is 0.874. The van der Waals surface area contributed by atoms with Crippen molar-refractivity contribution in [1.82, 2.24) is 14.9 Å². The molecule has 25 heavy (non-hydrogen) atoms. The predicted molar refractivity (Wildman–Crippen MR) is 95.7 cm³/mol. The number of amides is 1. The number of rotatable bonds is 4. The van der Waals surface area contributed by atoms with Gasteiger partial charge >= 0.3 is 0 Å². The lowest BCUT2D eigenvalue weighted by Gasteiger charge is -2.34. The highest BCUT2D eigenvalue weighted by atomic mass is 35.5. The van der Waals surface area contributed by atoms with Crippen molar-refractivity contribution in [1.29, 1.82) is 0 Å². The minimum atomic E-state index is -0.480. The molecule has 1 N–H and O–H groups in total. The van der Waals surface area contributed by atoms with Gasteiger partial charge in [-0.3, -0.25) is 4.79 Å². The highest BCUT2D eigenvalue weighted by molar-refractivity contribution is 6.31. The Kier molecular flexibility index (Phi) is 5.48. The molecule has 1 fully saturated rings. The Balaban J connectivity index is 1.71. The fourth-order valence-electron chi connectivity index (χ4n) is 3.06. The number of hydrogen-bond donors (Lipinski definition) is 1. The van der Waals surface area contributed by atoms with Crippen LogP contribution in [0.1, 0.15) is 43.1 Å². The second-order valence-corrected chi connectivity index (χ2v) is 6.50. The van der Waals surface area contributed by atoms with E-state index in [1.54, 1.807) is 6.07 Å². The number of hydrogen-bond acceptors (Lipinski definition) is 4. The molecule has 2 aromatic rings. The smallest absolute Gasteiger partial charge is 0.274 e. The van der Waals surface area contributed by atoms with E-state index in [1.165, 1.54) is 24.5 Å². The second-order valence-electron chi connectivity index (χ2n) is 6.10. The first-order valence-corrected chi connectivity index (χ1v) is 8.81. The third-order valence-corrected chi connectivity index (χ3v) is 4.71. The Labute approximate surface area is 151 Å². The van der Waals surface area contributed by atoms with Crippen LogP contribution in [0.25, 0.3) is 0 Å². The van der Waals surface area contributed by atoms with Gasteiger partial charge in [0.1, 0.15) is 17.3 Å². The third kappa shape index (κ3) is 4.07. The topological polar surface area (TPSA) is 58.1 Å². The summed E-state index contributed by atoms with van der Waals surface area (Å²) in [6.07, 6.45) is 7.15. The molecule has 1 unspecified atom stereocenters. The van der Waals surface area contributed by atoms with Crippen LogP contribution < -0.4 is 5.32 Å². The summed E-state index contributed by atoms with van der Waals surface area (Å²) in [5, 5.41) is 3.02. The number of aromatic nitrogens is 2. The molecule has 1 aromatic carbocycles. The Morgan fingerprint density at radius 1 is 1.36 bits per heavy atom. The standard InChI is InChI=1S/C18H20ClFN4O/c1-2-13-5-3-4-8-24(13)18(25)16-10-22-17(11-21-16)23-12-6-7-15(20)14(19)9-12/h6-7,9-11,13H,2-5,8H2,1H3,(H,22,23). The van der Waals surface area contributed by atoms with E-state index in [0.717, 1.165) is 32.2 Å². The number of halogens is 2. The first kappa shape index (κ1) is 17.6. The molecule has 1 atom stereocenters. The van der Waals surface area contributed by atoms with Crippen LogP contribution in [0.5, 0.6) is 0 Å². The molecule has 0 bridgehead atoms. The maximum absolute atomic E-state index is 13.2. The fraction of sp³-hybridized carbons (Fsp3) is 0.389. The van der Waals surface area contributed by atoms with Gasteiger partial charge in [0.25, 0.3) is 5.91 Å². The zero-order valence-electron chi connectivity index (χ0n) is 14.0. The van der Waals surface area contributed by atoms with Crippen molar-refractivity contribution in [2.75, 3.05) is 11.9 Å². The summed E-state index contributed by atoms with van der Waals surface area (Å²) in [6, 6.07) is 4.58. The van der Waals surface area contributed by atoms with Crippen molar-refractivity contribution in [2.24, 2.45) is 0 Å². The van der Waals surface area contributed by atoms with Crippen molar-refractivity contribution >= 4 is 29.0 Å². The first-order valence-electron chi connectivity index (χ1n) is 8.43. The average molecular weight is 363 g/mol. The number of nitrogens with one attached hydrogen (secondary N) is 1. The lowest BCUT2D eigenvalue weighted by atomic mass is 10.00. The summed E-state index contributed by atoms with van der Waals surface area (Å²) in [5.41, 5.74) is 0.935. The van der Waals surface area contributed by atoms with E-state index in [-0.39, 0.29) is 17.0 Å². The van der Waals surface area contributed by atoms with Gasteiger partial charge < -0.3 is 10.2 Å². The van der Waals surface area contributed by atoms with Crippen molar-refractivity contribution in [3.05, 3.63) is 47.1 Å². The van der Waals surface area contributed by atoms with E-state index in [9.17, 15) is 9.18 Å². The number of carbonyl (C=O) groups is 1. The molecule has 1 saturated heterocycles. The molecule has 0 radical (unpaired) electrons. The number of piperidine rings is 1. The highest BCUT2D eigenvalue weighted by Crippen LogP contribution is 2.23. The average Bonchev–Trinajstić information content (AvgIpc) is 2.65. The van der Waals surface area contributed by atoms with Gasteiger partial charge in [0.2, 0.25) is 0 Å². The normalized spacial score (nSPS) is 17.4. The zero-order chi connectivity index (χ0) is 17.8. The third-order valence-electron chi connectivity index (χ3n) is 4.42. The predicted octanol–water partition coefficient (Wildman–Crippen LogP) is 4.42. The van der Waals surface area contributed by atoms with Crippen LogP contribution in [0.4, 0.5) is 15.9 Å². The Hall–Kier alpha value is -2.21. The van der Waals surface area contributed by atoms with E-state index in [1.807, 2.05) is 4.90 Å². The van der Waals surface area contributed by atoms with Crippen molar-refractivity contribution in [2.45, 2.75) is 38.6 Å². The molecule has 0 aliphatic carbocycles. The second kappa shape index (κ2) is 7.78. The van der Waals surface area contributed by atoms with Gasteiger partial charge in [-0.1, -0.05) is 18.5 Å². The molecular weight excluding hydrogens is 343 g/mol. The molecule has 1 aromatic heterocycles. The lowest BCUT2D eigenvalue weighted by molar-refractivity contribution is 0.0601. The SMILES string of the molecule is CCC1CCCCN1C(=O)c1cnc(Nc2ccc(F)c(Cl)c2)cn1. The maximum atomic E-state index is 13.2. The Morgan fingerprint density at radius 2 is 2.20 bits per heavy atom. The van der Waals surface area contributed by atoms with Crippen LogP contribution in [0.2, 0.25) is 5.02 Å². The van der Waals surface area contributed by atoms with E-state index in [4.69, 9.17) is 11.6 Å². The number of carbonyl (C=O) groups excluding carboxylic acids is 1. The van der Waals surface area contributed by atoms with Crippen LogP contribution in [-0.2, 0) is 0 Å². The van der Waals surface area contributed by atoms with Gasteiger partial charge in [-0.2, -0.15) is 0 Å². The van der Waals surface area contributed by atoms with Crippen molar-refractivity contribution in [3.8, 4) is 0 Å². The monoisotopic (exact) mass is 362 g/mol. The van der Waals surface area contributed by atoms with Gasteiger partial charge in [-0.05, 0) is 43.9 Å². The van der Waals surface area contributed by atoms with Crippen LogP contribution in [0, 0.1) is 5.82 Å². The summed E-state index contributed by atoms with van der Waals surface area (Å²) >= 11 is 5.76. The summed E-state index contributed by atoms with van der Waals surface area (Å²) in [7, 11) is 0. The minimum absolute atomic E-state index is 0.0282. The maximum Gasteiger partial charge on any atom is 0.274 e. The Morgan fingerprint density at radius 3 is 2.88 bits per heavy atom. The molecule has 1 aliphatic rings. The van der Waals surface area contributed by atoms with Gasteiger partial charge in [0.15, 0.2) is 0 Å². The van der Waals surface area contributed by atoms with Gasteiger partial charge in [0.05, 0.1) is 17.4 Å². The molecular formula is C18H20ClFN4O. The van der Waals surface area contributed by atoms with E-state index >= 15 is 0 Å². The van der Waals surface area contributed by atoms with Gasteiger partial charge in [-0.25, -0.2) is 14.4 Å². The van der Waals surface area contributed by atoms with Crippen molar-refractivity contribution in [3.63, 3.8) is 0 Å². The first-order chi connectivity index (χ1) is 12.1. The summed E-state index contributed by atoms with van der Waals surface area (Å²) in [4.78, 5) is 23.0. The highest BCUT2D eigenvalue weighted by Gasteiger charge is 2.27. The molecule has 2 heterocycles. The van der Waals surface area contributed by atoms with Crippen LogP contribution in [0.3, 0.4) is 0 Å². The summed E-state index contributed by atoms with van der Waals surface area (Å²) in [5.74, 6) is -0.0911. The molecule has 1 amide bonds. The van der Waals surface area contributed by atoms with E-state index in [0.29, 0.717) is 17.2 Å². The Bertz CT molecular complexity index is 753. The largest absolute Gasteiger partial charge is 0.339 e. The van der Waals surface area contributed by atoms with Crippen molar-refractivity contribution < 1.29 is 9.18 Å². The minimum Gasteiger partial charge on any atom is -0.339 e. The number of likely N-dealkylation sites (tertiary alicyclic amines) is 1. The lowest BCUT2D eigenvalue weighted by Crippen LogP contribution is -2.43. The number of benzene rings is 1. The van der Waals surface area contributed by atoms with Crippen LogP contribution >= 0.6 is 11.6 Å². The summed E-state index contributed by atoms with van der Waals surface area (Å²) in [6.45, 7) is 2.87. The molecule has 5 nitrogen and oxygen atoms in total. The fourth-order valence-corrected chi connectivity index (χ4v) is 3.24. The van der Waals surface area contributed by atoms with Gasteiger partial charge in [-0.15, -0.1) is 0 Å². The summed E-state index contributed by atoms with van der Waals surface area (Å²) < 4.78 is 13.2. The van der Waals surface area contributed by atoms with E-state index < -0.39 is 5.82 Å². The molecule has 1 aliphatic heterocycles. The van der Waals surface area contributed by atoms with E-state index in [2.05, 4.69) is 22.2 Å².